The van der Waals surface area contributed by atoms with Gasteiger partial charge in [0.15, 0.2) is 0 Å². The number of H-pyrrole nitrogens is 2. The average molecular weight is 273 g/mol. The highest BCUT2D eigenvalue weighted by atomic mass is 16.4. The summed E-state index contributed by atoms with van der Waals surface area (Å²) in [6.07, 6.45) is 0. The summed E-state index contributed by atoms with van der Waals surface area (Å²) in [5, 5.41) is 16.5. The first-order valence-electron chi connectivity index (χ1n) is 5.20. The first kappa shape index (κ1) is 16.6. The van der Waals surface area contributed by atoms with E-state index in [9.17, 15) is 19.2 Å². The minimum Gasteiger partial charge on any atom is -0.480 e. The second-order valence-corrected chi connectivity index (χ2v) is 3.91. The Morgan fingerprint density at radius 3 is 2.00 bits per heavy atom. The maximum atomic E-state index is 10.5. The number of nitrogens with one attached hydrogen (secondary N) is 2. The van der Waals surface area contributed by atoms with Gasteiger partial charge in [0.05, 0.1) is 0 Å². The van der Waals surface area contributed by atoms with E-state index < -0.39 is 34.9 Å². The van der Waals surface area contributed by atoms with Crippen LogP contribution in [0.2, 0.25) is 0 Å². The lowest BCUT2D eigenvalue weighted by atomic mass is 10.1. The normalized spacial score (nSPS) is 11.4. The SMILES string of the molecule is CC(C)[C@H](N)C(=O)O.O=C(O)c1cc(=O)[nH]c(=O)[nH]1. The van der Waals surface area contributed by atoms with E-state index in [1.807, 2.05) is 9.97 Å². The molecule has 1 heterocycles. The molecule has 0 fully saturated rings. The fourth-order valence-electron chi connectivity index (χ4n) is 0.869. The fourth-order valence-corrected chi connectivity index (χ4v) is 0.869. The number of hydrogen-bond donors (Lipinski definition) is 5. The topological polar surface area (TPSA) is 166 Å². The lowest BCUT2D eigenvalue weighted by Crippen LogP contribution is -2.34. The molecular formula is C10H15N3O6. The highest BCUT2D eigenvalue weighted by molar-refractivity contribution is 5.84. The van der Waals surface area contributed by atoms with E-state index in [1.54, 1.807) is 13.8 Å². The summed E-state index contributed by atoms with van der Waals surface area (Å²) in [5.74, 6) is -2.25. The molecule has 0 unspecified atom stereocenters. The zero-order valence-electron chi connectivity index (χ0n) is 10.3. The van der Waals surface area contributed by atoms with Crippen molar-refractivity contribution in [2.75, 3.05) is 0 Å². The van der Waals surface area contributed by atoms with Crippen molar-refractivity contribution in [2.24, 2.45) is 11.7 Å². The standard InChI is InChI=1S/C5H4N2O4.C5H11NO2/c8-3-1-2(4(9)10)6-5(11)7-3;1-3(2)4(6)5(7)8/h1H,(H,9,10)(H2,6,7,8,11);3-4H,6H2,1-2H3,(H,7,8)/t;4-/m.0/s1. The van der Waals surface area contributed by atoms with Crippen molar-refractivity contribution in [1.29, 1.82) is 0 Å². The number of carbonyl (C=O) groups is 2. The van der Waals surface area contributed by atoms with Gasteiger partial charge in [0, 0.05) is 6.07 Å². The van der Waals surface area contributed by atoms with Gasteiger partial charge in [0.2, 0.25) is 0 Å². The maximum Gasteiger partial charge on any atom is 0.352 e. The number of aromatic carboxylic acids is 1. The quantitative estimate of drug-likeness (QED) is 0.461. The van der Waals surface area contributed by atoms with Crippen LogP contribution in [-0.4, -0.2) is 38.2 Å². The molecule has 0 spiro atoms. The van der Waals surface area contributed by atoms with Crippen molar-refractivity contribution >= 4 is 11.9 Å². The molecule has 0 amide bonds. The molecular weight excluding hydrogens is 258 g/mol. The Hall–Kier alpha value is -2.42. The molecule has 0 saturated heterocycles. The van der Waals surface area contributed by atoms with Crippen LogP contribution in [0.5, 0.6) is 0 Å². The minimum atomic E-state index is -1.34. The van der Waals surface area contributed by atoms with Gasteiger partial charge in [0.25, 0.3) is 5.56 Å². The van der Waals surface area contributed by atoms with Crippen LogP contribution in [0.25, 0.3) is 0 Å². The Bertz CT molecular complexity index is 531. The molecule has 106 valence electrons. The first-order chi connectivity index (χ1) is 8.65. The number of rotatable bonds is 3. The predicted octanol–water partition coefficient (Wildman–Crippen LogP) is -1.18. The molecule has 19 heavy (non-hydrogen) atoms. The number of aromatic nitrogens is 2. The van der Waals surface area contributed by atoms with Crippen LogP contribution < -0.4 is 17.0 Å². The fraction of sp³-hybridized carbons (Fsp3) is 0.400. The Kier molecular flexibility index (Phi) is 6.21. The summed E-state index contributed by atoms with van der Waals surface area (Å²) in [7, 11) is 0. The summed E-state index contributed by atoms with van der Waals surface area (Å²) in [6.45, 7) is 3.55. The van der Waals surface area contributed by atoms with E-state index in [4.69, 9.17) is 15.9 Å². The van der Waals surface area contributed by atoms with Crippen LogP contribution in [0.3, 0.4) is 0 Å². The molecule has 1 aromatic heterocycles. The van der Waals surface area contributed by atoms with Crippen LogP contribution in [-0.2, 0) is 4.79 Å². The van der Waals surface area contributed by atoms with Crippen molar-refractivity contribution < 1.29 is 19.8 Å². The molecule has 0 radical (unpaired) electrons. The second kappa shape index (κ2) is 7.11. The van der Waals surface area contributed by atoms with E-state index in [-0.39, 0.29) is 5.92 Å². The van der Waals surface area contributed by atoms with Crippen molar-refractivity contribution in [3.05, 3.63) is 32.6 Å². The van der Waals surface area contributed by atoms with Crippen molar-refractivity contribution in [2.45, 2.75) is 19.9 Å². The first-order valence-corrected chi connectivity index (χ1v) is 5.20. The molecule has 9 heteroatoms. The Balaban J connectivity index is 0.000000362. The van der Waals surface area contributed by atoms with Crippen molar-refractivity contribution in [3.8, 4) is 0 Å². The highest BCUT2D eigenvalue weighted by Gasteiger charge is 2.14. The summed E-state index contributed by atoms with van der Waals surface area (Å²) >= 11 is 0. The minimum absolute atomic E-state index is 0.0208. The molecule has 1 rings (SSSR count). The highest BCUT2D eigenvalue weighted by Crippen LogP contribution is 1.96. The molecule has 0 aliphatic carbocycles. The molecule has 1 atom stereocenters. The molecule has 6 N–H and O–H groups in total. The zero-order chi connectivity index (χ0) is 15.2. The van der Waals surface area contributed by atoms with Gasteiger partial charge in [-0.2, -0.15) is 0 Å². The number of hydrogen-bond acceptors (Lipinski definition) is 5. The van der Waals surface area contributed by atoms with Gasteiger partial charge in [-0.05, 0) is 5.92 Å². The Morgan fingerprint density at radius 2 is 1.74 bits per heavy atom. The van der Waals surface area contributed by atoms with Crippen LogP contribution in [0, 0.1) is 5.92 Å². The van der Waals surface area contributed by atoms with Gasteiger partial charge >= 0.3 is 17.6 Å². The Labute approximate surface area is 107 Å². The monoisotopic (exact) mass is 273 g/mol. The van der Waals surface area contributed by atoms with Crippen LogP contribution in [0.1, 0.15) is 24.3 Å². The van der Waals surface area contributed by atoms with E-state index in [2.05, 4.69) is 0 Å². The smallest absolute Gasteiger partial charge is 0.352 e. The molecule has 9 nitrogen and oxygen atoms in total. The maximum absolute atomic E-state index is 10.5. The lowest BCUT2D eigenvalue weighted by Gasteiger charge is -2.07. The summed E-state index contributed by atoms with van der Waals surface area (Å²) < 4.78 is 0. The zero-order valence-corrected chi connectivity index (χ0v) is 10.3. The van der Waals surface area contributed by atoms with Gasteiger partial charge in [-0.25, -0.2) is 9.59 Å². The van der Waals surface area contributed by atoms with Crippen LogP contribution >= 0.6 is 0 Å². The molecule has 1 aromatic rings. The average Bonchev–Trinajstić information content (AvgIpc) is 2.27. The lowest BCUT2D eigenvalue weighted by molar-refractivity contribution is -0.139. The predicted molar refractivity (Wildman–Crippen MR) is 65.1 cm³/mol. The van der Waals surface area contributed by atoms with E-state index in [1.165, 1.54) is 0 Å². The third-order valence-electron chi connectivity index (χ3n) is 1.99. The van der Waals surface area contributed by atoms with E-state index >= 15 is 0 Å². The van der Waals surface area contributed by atoms with Crippen molar-refractivity contribution in [1.82, 2.24) is 9.97 Å². The third-order valence-corrected chi connectivity index (χ3v) is 1.99. The van der Waals surface area contributed by atoms with E-state index in [0.717, 1.165) is 6.07 Å². The van der Waals surface area contributed by atoms with Crippen LogP contribution in [0.15, 0.2) is 15.7 Å². The number of carboxylic acid groups (broad SMARTS) is 2. The summed E-state index contributed by atoms with van der Waals surface area (Å²) in [5.41, 5.74) is 3.19. The largest absolute Gasteiger partial charge is 0.480 e. The molecule has 0 bridgehead atoms. The third kappa shape index (κ3) is 6.17. The van der Waals surface area contributed by atoms with Gasteiger partial charge in [-0.3, -0.25) is 14.6 Å². The second-order valence-electron chi connectivity index (χ2n) is 3.91. The number of aromatic amines is 2. The van der Waals surface area contributed by atoms with Gasteiger partial charge in [-0.1, -0.05) is 13.8 Å². The molecule has 0 saturated carbocycles. The number of nitrogens with two attached hydrogens (primary N) is 1. The molecule has 0 aliphatic heterocycles. The van der Waals surface area contributed by atoms with Gasteiger partial charge in [-0.15, -0.1) is 0 Å². The number of aliphatic carboxylic acids is 1. The summed E-state index contributed by atoms with van der Waals surface area (Å²) in [6, 6.07) is 0.0824. The van der Waals surface area contributed by atoms with Crippen molar-refractivity contribution in [3.63, 3.8) is 0 Å². The molecule has 0 aromatic carbocycles. The van der Waals surface area contributed by atoms with E-state index in [0.29, 0.717) is 0 Å². The Morgan fingerprint density at radius 1 is 1.21 bits per heavy atom. The van der Waals surface area contributed by atoms with Crippen LogP contribution in [0.4, 0.5) is 0 Å². The molecule has 0 aliphatic rings. The summed E-state index contributed by atoms with van der Waals surface area (Å²) in [4.78, 5) is 44.9. The van der Waals surface area contributed by atoms with Gasteiger partial charge < -0.3 is 20.9 Å². The number of carboxylic acids is 2. The van der Waals surface area contributed by atoms with Gasteiger partial charge in [0.1, 0.15) is 11.7 Å².